The smallest absolute Gasteiger partial charge is 0.387 e. The summed E-state index contributed by atoms with van der Waals surface area (Å²) in [5.74, 6) is -0.563. The lowest BCUT2D eigenvalue weighted by Crippen LogP contribution is -2.07. The van der Waals surface area contributed by atoms with E-state index in [1.54, 1.807) is 18.2 Å². The minimum Gasteiger partial charge on any atom is -0.431 e. The number of ether oxygens (including phenoxy) is 2. The molecular formula is C15H10F4N2O2. The van der Waals surface area contributed by atoms with Gasteiger partial charge in [0, 0.05) is 5.56 Å². The molecule has 1 heterocycles. The fourth-order valence-electron chi connectivity index (χ4n) is 2.13. The number of fused-ring (bicyclic) bond motifs is 1. The summed E-state index contributed by atoms with van der Waals surface area (Å²) < 4.78 is 58.0. The third-order valence-corrected chi connectivity index (χ3v) is 3.04. The topological polar surface area (TPSA) is 47.1 Å². The van der Waals surface area contributed by atoms with Gasteiger partial charge in [-0.15, -0.1) is 0 Å². The van der Waals surface area contributed by atoms with Crippen molar-refractivity contribution in [3.05, 3.63) is 42.5 Å². The summed E-state index contributed by atoms with van der Waals surface area (Å²) in [6.45, 7) is -6.31. The molecule has 2 aromatic carbocycles. The van der Waals surface area contributed by atoms with Gasteiger partial charge in [0.15, 0.2) is 11.5 Å². The second-order valence-electron chi connectivity index (χ2n) is 4.52. The predicted octanol–water partition coefficient (Wildman–Crippen LogP) is 4.43. The van der Waals surface area contributed by atoms with E-state index in [1.807, 2.05) is 6.07 Å². The number of benzene rings is 2. The molecule has 8 heteroatoms. The van der Waals surface area contributed by atoms with Gasteiger partial charge in [0.1, 0.15) is 5.82 Å². The minimum absolute atomic E-state index is 0.397. The molecule has 0 saturated carbocycles. The van der Waals surface area contributed by atoms with Crippen molar-refractivity contribution in [2.75, 3.05) is 0 Å². The first-order valence-electron chi connectivity index (χ1n) is 6.52. The SMILES string of the molecule is FC(F)Oc1ccc(-c2nc3ccccc3[nH]2)cc1OC(F)F. The zero-order chi connectivity index (χ0) is 16.4. The molecule has 23 heavy (non-hydrogen) atoms. The van der Waals surface area contributed by atoms with Crippen LogP contribution >= 0.6 is 0 Å². The molecule has 120 valence electrons. The molecule has 1 N–H and O–H groups in total. The number of halogens is 4. The molecule has 0 saturated heterocycles. The first-order chi connectivity index (χ1) is 11.0. The highest BCUT2D eigenvalue weighted by Gasteiger charge is 2.16. The number of aromatic amines is 1. The Balaban J connectivity index is 2.01. The quantitative estimate of drug-likeness (QED) is 0.706. The number of rotatable bonds is 5. The van der Waals surface area contributed by atoms with Crippen LogP contribution in [0.1, 0.15) is 0 Å². The Morgan fingerprint density at radius 3 is 2.26 bits per heavy atom. The van der Waals surface area contributed by atoms with Gasteiger partial charge in [0.2, 0.25) is 0 Å². The maximum atomic E-state index is 12.5. The van der Waals surface area contributed by atoms with Crippen molar-refractivity contribution in [2.24, 2.45) is 0 Å². The minimum atomic E-state index is -3.17. The molecule has 0 bridgehead atoms. The maximum absolute atomic E-state index is 12.5. The van der Waals surface area contributed by atoms with Gasteiger partial charge in [-0.2, -0.15) is 17.6 Å². The number of hydrogen-bond donors (Lipinski definition) is 1. The molecule has 3 rings (SSSR count). The van der Waals surface area contributed by atoms with E-state index in [4.69, 9.17) is 0 Å². The number of imidazole rings is 1. The third kappa shape index (κ3) is 3.36. The first kappa shape index (κ1) is 15.1. The van der Waals surface area contributed by atoms with Crippen LogP contribution in [0.4, 0.5) is 17.6 Å². The summed E-state index contributed by atoms with van der Waals surface area (Å²) in [4.78, 5) is 7.32. The lowest BCUT2D eigenvalue weighted by atomic mass is 10.2. The fourth-order valence-corrected chi connectivity index (χ4v) is 2.13. The summed E-state index contributed by atoms with van der Waals surface area (Å²) in [5, 5.41) is 0. The lowest BCUT2D eigenvalue weighted by molar-refractivity contribution is -0.0692. The standard InChI is InChI=1S/C15H10F4N2O2/c16-14(17)22-11-6-5-8(7-12(11)23-15(18)19)13-20-9-3-1-2-4-10(9)21-13/h1-7,14-15H,(H,20,21). The number of hydrogen-bond acceptors (Lipinski definition) is 3. The molecule has 0 aliphatic rings. The fraction of sp³-hybridized carbons (Fsp3) is 0.133. The van der Waals surface area contributed by atoms with Crippen molar-refractivity contribution in [2.45, 2.75) is 13.2 Å². The normalized spacial score (nSPS) is 11.4. The number of alkyl halides is 4. The largest absolute Gasteiger partial charge is 0.431 e. The number of aromatic nitrogens is 2. The average molecular weight is 326 g/mol. The Kier molecular flexibility index (Phi) is 4.05. The summed E-state index contributed by atoms with van der Waals surface area (Å²) >= 11 is 0. The molecule has 0 aliphatic carbocycles. The Labute approximate surface area is 127 Å². The van der Waals surface area contributed by atoms with Gasteiger partial charge in [0.05, 0.1) is 11.0 Å². The maximum Gasteiger partial charge on any atom is 0.387 e. The van der Waals surface area contributed by atoms with E-state index >= 15 is 0 Å². The average Bonchev–Trinajstić information content (AvgIpc) is 2.92. The lowest BCUT2D eigenvalue weighted by Gasteiger charge is -2.12. The van der Waals surface area contributed by atoms with Crippen LogP contribution in [0.15, 0.2) is 42.5 Å². The number of nitrogens with zero attached hydrogens (tertiary/aromatic N) is 1. The number of para-hydroxylation sites is 2. The molecular weight excluding hydrogens is 316 g/mol. The van der Waals surface area contributed by atoms with Crippen LogP contribution < -0.4 is 9.47 Å². The molecule has 4 nitrogen and oxygen atoms in total. The Bertz CT molecular complexity index is 787. The summed E-state index contributed by atoms with van der Waals surface area (Å²) in [6.07, 6.45) is 0. The Morgan fingerprint density at radius 1 is 0.870 bits per heavy atom. The number of nitrogens with one attached hydrogen (secondary N) is 1. The van der Waals surface area contributed by atoms with Gasteiger partial charge in [-0.1, -0.05) is 12.1 Å². The molecule has 0 atom stereocenters. The van der Waals surface area contributed by atoms with E-state index < -0.39 is 24.7 Å². The van der Waals surface area contributed by atoms with E-state index in [0.717, 1.165) is 11.6 Å². The van der Waals surface area contributed by atoms with Crippen LogP contribution in [0.25, 0.3) is 22.4 Å². The van der Waals surface area contributed by atoms with Crippen LogP contribution in [0.2, 0.25) is 0 Å². The van der Waals surface area contributed by atoms with Crippen molar-refractivity contribution < 1.29 is 27.0 Å². The van der Waals surface area contributed by atoms with E-state index in [9.17, 15) is 17.6 Å². The van der Waals surface area contributed by atoms with Crippen LogP contribution in [-0.4, -0.2) is 23.2 Å². The predicted molar refractivity (Wildman–Crippen MR) is 74.8 cm³/mol. The van der Waals surface area contributed by atoms with Crippen molar-refractivity contribution in [3.63, 3.8) is 0 Å². The van der Waals surface area contributed by atoms with Crippen LogP contribution in [0, 0.1) is 0 Å². The van der Waals surface area contributed by atoms with Gasteiger partial charge in [-0.05, 0) is 30.3 Å². The van der Waals surface area contributed by atoms with E-state index in [1.165, 1.54) is 12.1 Å². The zero-order valence-corrected chi connectivity index (χ0v) is 11.5. The summed E-state index contributed by atoms with van der Waals surface area (Å²) in [6, 6.07) is 10.9. The Morgan fingerprint density at radius 2 is 1.57 bits per heavy atom. The van der Waals surface area contributed by atoms with Crippen LogP contribution in [-0.2, 0) is 0 Å². The second kappa shape index (κ2) is 6.15. The van der Waals surface area contributed by atoms with Crippen molar-refractivity contribution in [1.82, 2.24) is 9.97 Å². The Hall–Kier alpha value is -2.77. The highest BCUT2D eigenvalue weighted by atomic mass is 19.3. The molecule has 0 amide bonds. The number of H-pyrrole nitrogens is 1. The molecule has 0 radical (unpaired) electrons. The molecule has 0 spiro atoms. The van der Waals surface area contributed by atoms with E-state index in [0.29, 0.717) is 16.9 Å². The highest BCUT2D eigenvalue weighted by Crippen LogP contribution is 2.34. The van der Waals surface area contributed by atoms with Crippen molar-refractivity contribution in [1.29, 1.82) is 0 Å². The second-order valence-corrected chi connectivity index (χ2v) is 4.52. The molecule has 0 fully saturated rings. The van der Waals surface area contributed by atoms with Gasteiger partial charge >= 0.3 is 13.2 Å². The van der Waals surface area contributed by atoms with Gasteiger partial charge < -0.3 is 14.5 Å². The first-order valence-corrected chi connectivity index (χ1v) is 6.52. The summed E-state index contributed by atoms with van der Waals surface area (Å²) in [5.41, 5.74) is 1.84. The zero-order valence-electron chi connectivity index (χ0n) is 11.5. The van der Waals surface area contributed by atoms with Crippen molar-refractivity contribution >= 4 is 11.0 Å². The van der Waals surface area contributed by atoms with E-state index in [-0.39, 0.29) is 0 Å². The third-order valence-electron chi connectivity index (χ3n) is 3.04. The molecule has 1 aromatic heterocycles. The van der Waals surface area contributed by atoms with Crippen molar-refractivity contribution in [3.8, 4) is 22.9 Å². The van der Waals surface area contributed by atoms with E-state index in [2.05, 4.69) is 19.4 Å². The molecule has 0 unspecified atom stereocenters. The van der Waals surface area contributed by atoms with Gasteiger partial charge in [0.25, 0.3) is 0 Å². The monoisotopic (exact) mass is 326 g/mol. The van der Waals surface area contributed by atoms with Gasteiger partial charge in [-0.3, -0.25) is 0 Å². The summed E-state index contributed by atoms with van der Waals surface area (Å²) in [7, 11) is 0. The van der Waals surface area contributed by atoms with Gasteiger partial charge in [-0.25, -0.2) is 4.98 Å². The van der Waals surface area contributed by atoms with Crippen LogP contribution in [0.3, 0.4) is 0 Å². The molecule has 0 aliphatic heterocycles. The highest BCUT2D eigenvalue weighted by molar-refractivity contribution is 5.79. The molecule has 3 aromatic rings. The van der Waals surface area contributed by atoms with Crippen LogP contribution in [0.5, 0.6) is 11.5 Å².